The van der Waals surface area contributed by atoms with E-state index in [-0.39, 0.29) is 17.7 Å². The van der Waals surface area contributed by atoms with Gasteiger partial charge in [0, 0.05) is 11.9 Å². The van der Waals surface area contributed by atoms with E-state index in [0.29, 0.717) is 11.6 Å². The van der Waals surface area contributed by atoms with E-state index in [2.05, 4.69) is 10.3 Å². The van der Waals surface area contributed by atoms with Gasteiger partial charge < -0.3 is 9.73 Å². The van der Waals surface area contributed by atoms with Gasteiger partial charge in [0.05, 0.1) is 5.69 Å². The summed E-state index contributed by atoms with van der Waals surface area (Å²) in [5.74, 6) is 0.399. The van der Waals surface area contributed by atoms with Crippen molar-refractivity contribution in [3.63, 3.8) is 0 Å². The molecule has 0 bridgehead atoms. The largest absolute Gasteiger partial charge is 0.438 e. The van der Waals surface area contributed by atoms with Crippen molar-refractivity contribution in [1.29, 1.82) is 0 Å². The van der Waals surface area contributed by atoms with Gasteiger partial charge in [-0.25, -0.2) is 4.98 Å². The molecule has 0 radical (unpaired) electrons. The van der Waals surface area contributed by atoms with E-state index in [1.54, 1.807) is 6.92 Å². The molecule has 1 unspecified atom stereocenters. The molecule has 0 aliphatic carbocycles. The Labute approximate surface area is 87.6 Å². The van der Waals surface area contributed by atoms with Crippen molar-refractivity contribution in [1.82, 2.24) is 10.3 Å². The SMILES string of the molecule is CCC(CCl)NC(=O)c1ocnc1C. The predicted molar refractivity (Wildman–Crippen MR) is 53.5 cm³/mol. The van der Waals surface area contributed by atoms with Gasteiger partial charge >= 0.3 is 0 Å². The monoisotopic (exact) mass is 216 g/mol. The molecule has 1 atom stereocenters. The van der Waals surface area contributed by atoms with E-state index in [4.69, 9.17) is 16.0 Å². The summed E-state index contributed by atoms with van der Waals surface area (Å²) in [6.07, 6.45) is 2.05. The normalized spacial score (nSPS) is 12.5. The molecule has 78 valence electrons. The van der Waals surface area contributed by atoms with E-state index < -0.39 is 0 Å². The van der Waals surface area contributed by atoms with Crippen LogP contribution in [0.5, 0.6) is 0 Å². The second-order valence-electron chi connectivity index (χ2n) is 3.00. The fourth-order valence-corrected chi connectivity index (χ4v) is 1.32. The summed E-state index contributed by atoms with van der Waals surface area (Å²) < 4.78 is 4.95. The number of aryl methyl sites for hydroxylation is 1. The van der Waals surface area contributed by atoms with Gasteiger partial charge in [0.2, 0.25) is 5.76 Å². The average molecular weight is 217 g/mol. The molecule has 5 heteroatoms. The molecule has 0 spiro atoms. The zero-order valence-corrected chi connectivity index (χ0v) is 8.97. The molecule has 0 saturated carbocycles. The van der Waals surface area contributed by atoms with Gasteiger partial charge in [-0.05, 0) is 13.3 Å². The van der Waals surface area contributed by atoms with Crippen LogP contribution in [0.25, 0.3) is 0 Å². The Kier molecular flexibility index (Phi) is 3.95. The number of aromatic nitrogens is 1. The summed E-state index contributed by atoms with van der Waals surface area (Å²) in [5, 5.41) is 2.75. The summed E-state index contributed by atoms with van der Waals surface area (Å²) >= 11 is 5.65. The first-order chi connectivity index (χ1) is 6.69. The first kappa shape index (κ1) is 11.0. The molecule has 1 heterocycles. The number of carbonyl (C=O) groups is 1. The molecule has 0 aliphatic rings. The van der Waals surface area contributed by atoms with Crippen LogP contribution < -0.4 is 5.32 Å². The highest BCUT2D eigenvalue weighted by Gasteiger charge is 2.16. The van der Waals surface area contributed by atoms with Gasteiger partial charge in [-0.1, -0.05) is 6.92 Å². The lowest BCUT2D eigenvalue weighted by molar-refractivity contribution is 0.0911. The third-order valence-corrected chi connectivity index (χ3v) is 2.34. The van der Waals surface area contributed by atoms with Crippen LogP contribution in [0.4, 0.5) is 0 Å². The van der Waals surface area contributed by atoms with Crippen molar-refractivity contribution in [2.75, 3.05) is 5.88 Å². The molecule has 1 amide bonds. The Bertz CT molecular complexity index is 308. The Morgan fingerprint density at radius 2 is 2.50 bits per heavy atom. The molecular weight excluding hydrogens is 204 g/mol. The molecular formula is C9H13ClN2O2. The molecule has 1 aromatic rings. The molecule has 0 aromatic carbocycles. The molecule has 1 aromatic heterocycles. The quantitative estimate of drug-likeness (QED) is 0.780. The number of carbonyl (C=O) groups excluding carboxylic acids is 1. The Balaban J connectivity index is 2.63. The van der Waals surface area contributed by atoms with Crippen LogP contribution in [0.15, 0.2) is 10.8 Å². The van der Waals surface area contributed by atoms with Crippen LogP contribution in [0, 0.1) is 6.92 Å². The predicted octanol–water partition coefficient (Wildman–Crippen LogP) is 1.73. The highest BCUT2D eigenvalue weighted by atomic mass is 35.5. The summed E-state index contributed by atoms with van der Waals surface area (Å²) in [4.78, 5) is 15.4. The Morgan fingerprint density at radius 1 is 1.79 bits per heavy atom. The molecule has 0 aliphatic heterocycles. The molecule has 0 fully saturated rings. The van der Waals surface area contributed by atoms with Gasteiger partial charge in [0.15, 0.2) is 6.39 Å². The van der Waals surface area contributed by atoms with Crippen molar-refractivity contribution in [3.05, 3.63) is 17.8 Å². The number of nitrogens with one attached hydrogen (secondary N) is 1. The van der Waals surface area contributed by atoms with Gasteiger partial charge in [0.1, 0.15) is 0 Å². The first-order valence-electron chi connectivity index (χ1n) is 4.46. The van der Waals surface area contributed by atoms with Gasteiger partial charge in [-0.2, -0.15) is 0 Å². The van der Waals surface area contributed by atoms with Gasteiger partial charge in [-0.15, -0.1) is 11.6 Å². The second kappa shape index (κ2) is 5.00. The molecule has 14 heavy (non-hydrogen) atoms. The maximum Gasteiger partial charge on any atom is 0.289 e. The lowest BCUT2D eigenvalue weighted by Crippen LogP contribution is -2.35. The number of hydrogen-bond donors (Lipinski definition) is 1. The lowest BCUT2D eigenvalue weighted by atomic mass is 10.2. The summed E-state index contributed by atoms with van der Waals surface area (Å²) in [6.45, 7) is 3.68. The summed E-state index contributed by atoms with van der Waals surface area (Å²) in [5.41, 5.74) is 0.590. The number of amides is 1. The lowest BCUT2D eigenvalue weighted by Gasteiger charge is -2.12. The van der Waals surface area contributed by atoms with Crippen LogP contribution >= 0.6 is 11.6 Å². The minimum absolute atomic E-state index is 0.0198. The van der Waals surface area contributed by atoms with Crippen molar-refractivity contribution < 1.29 is 9.21 Å². The maximum atomic E-state index is 11.6. The minimum atomic E-state index is -0.257. The number of nitrogens with zero attached hydrogens (tertiary/aromatic N) is 1. The first-order valence-corrected chi connectivity index (χ1v) is 4.99. The highest BCUT2D eigenvalue weighted by molar-refractivity contribution is 6.18. The van der Waals surface area contributed by atoms with Crippen molar-refractivity contribution >= 4 is 17.5 Å². The smallest absolute Gasteiger partial charge is 0.289 e. The van der Waals surface area contributed by atoms with E-state index in [9.17, 15) is 4.79 Å². The van der Waals surface area contributed by atoms with E-state index >= 15 is 0 Å². The highest BCUT2D eigenvalue weighted by Crippen LogP contribution is 2.05. The third-order valence-electron chi connectivity index (χ3n) is 1.97. The van der Waals surface area contributed by atoms with Crippen LogP contribution in [-0.2, 0) is 0 Å². The van der Waals surface area contributed by atoms with Gasteiger partial charge in [0.25, 0.3) is 5.91 Å². The number of hydrogen-bond acceptors (Lipinski definition) is 3. The zero-order chi connectivity index (χ0) is 10.6. The molecule has 0 saturated heterocycles. The van der Waals surface area contributed by atoms with Crippen LogP contribution in [0.2, 0.25) is 0 Å². The zero-order valence-electron chi connectivity index (χ0n) is 8.21. The standard InChI is InChI=1S/C9H13ClN2O2/c1-3-7(4-10)12-9(13)8-6(2)11-5-14-8/h5,7H,3-4H2,1-2H3,(H,12,13). The fourth-order valence-electron chi connectivity index (χ4n) is 1.02. The molecule has 1 rings (SSSR count). The Morgan fingerprint density at radius 3 is 2.93 bits per heavy atom. The number of oxazole rings is 1. The van der Waals surface area contributed by atoms with Crippen molar-refractivity contribution in [3.8, 4) is 0 Å². The summed E-state index contributed by atoms with van der Waals surface area (Å²) in [7, 11) is 0. The summed E-state index contributed by atoms with van der Waals surface area (Å²) in [6, 6.07) is -0.0198. The topological polar surface area (TPSA) is 55.1 Å². The number of rotatable bonds is 4. The fraction of sp³-hybridized carbons (Fsp3) is 0.556. The van der Waals surface area contributed by atoms with Crippen LogP contribution in [0.1, 0.15) is 29.6 Å². The van der Waals surface area contributed by atoms with Crippen LogP contribution in [-0.4, -0.2) is 22.8 Å². The van der Waals surface area contributed by atoms with Crippen molar-refractivity contribution in [2.24, 2.45) is 0 Å². The van der Waals surface area contributed by atoms with Gasteiger partial charge in [-0.3, -0.25) is 4.79 Å². The van der Waals surface area contributed by atoms with E-state index in [0.717, 1.165) is 6.42 Å². The van der Waals surface area contributed by atoms with Crippen molar-refractivity contribution in [2.45, 2.75) is 26.3 Å². The Hall–Kier alpha value is -1.03. The number of alkyl halides is 1. The minimum Gasteiger partial charge on any atom is -0.438 e. The maximum absolute atomic E-state index is 11.6. The second-order valence-corrected chi connectivity index (χ2v) is 3.31. The third kappa shape index (κ3) is 2.48. The molecule has 4 nitrogen and oxygen atoms in total. The van der Waals surface area contributed by atoms with Crippen LogP contribution in [0.3, 0.4) is 0 Å². The van der Waals surface area contributed by atoms with E-state index in [1.807, 2.05) is 6.92 Å². The average Bonchev–Trinajstić information content (AvgIpc) is 2.60. The molecule has 1 N–H and O–H groups in total. The van der Waals surface area contributed by atoms with E-state index in [1.165, 1.54) is 6.39 Å². The number of halogens is 1.